The largest absolute Gasteiger partial charge is 0.369 e. The molecule has 5 heteroatoms. The van der Waals surface area contributed by atoms with E-state index in [1.807, 2.05) is 13.8 Å². The summed E-state index contributed by atoms with van der Waals surface area (Å²) < 4.78 is 0. The molecule has 14 heavy (non-hydrogen) atoms. The van der Waals surface area contributed by atoms with Crippen molar-refractivity contribution in [2.45, 2.75) is 30.7 Å². The van der Waals surface area contributed by atoms with E-state index in [1.54, 1.807) is 12.4 Å². The van der Waals surface area contributed by atoms with Crippen LogP contribution in [0.1, 0.15) is 18.9 Å². The Bertz CT molecular complexity index is 312. The number of carbonyl (C=O) groups is 1. The van der Waals surface area contributed by atoms with Crippen molar-refractivity contribution in [2.75, 3.05) is 0 Å². The minimum Gasteiger partial charge on any atom is -0.369 e. The van der Waals surface area contributed by atoms with Crippen LogP contribution in [-0.2, 0) is 4.79 Å². The number of nitrogens with two attached hydrogens (primary N) is 1. The molecule has 1 amide bonds. The first kappa shape index (κ1) is 11.0. The molecule has 1 rings (SSSR count). The van der Waals surface area contributed by atoms with E-state index in [2.05, 4.69) is 9.97 Å². The number of hydrogen-bond donors (Lipinski definition) is 1. The number of rotatable bonds is 4. The highest BCUT2D eigenvalue weighted by Crippen LogP contribution is 2.20. The first-order chi connectivity index (χ1) is 6.63. The molecular formula is C9H13N3OS. The predicted octanol–water partition coefficient (Wildman–Crippen LogP) is 1.14. The summed E-state index contributed by atoms with van der Waals surface area (Å²) in [6.45, 7) is 3.83. The number of hydrogen-bond acceptors (Lipinski definition) is 4. The standard InChI is InChI=1S/C9H13N3OS/c1-3-7(8(10)13)14-9-11-4-6(2)5-12-9/h4-5,7H,3H2,1-2H3,(H2,10,13). The molecule has 1 atom stereocenters. The van der Waals surface area contributed by atoms with Crippen molar-refractivity contribution in [3.8, 4) is 0 Å². The predicted molar refractivity (Wildman–Crippen MR) is 55.9 cm³/mol. The summed E-state index contributed by atoms with van der Waals surface area (Å²) in [5, 5.41) is 0.360. The second-order valence-electron chi connectivity index (χ2n) is 2.96. The summed E-state index contributed by atoms with van der Waals surface area (Å²) in [5.41, 5.74) is 6.21. The Balaban J connectivity index is 2.67. The molecule has 0 saturated carbocycles. The molecule has 0 aromatic carbocycles. The molecule has 1 unspecified atom stereocenters. The van der Waals surface area contributed by atoms with Gasteiger partial charge in [-0.3, -0.25) is 4.79 Å². The lowest BCUT2D eigenvalue weighted by Gasteiger charge is -2.08. The number of primary amides is 1. The van der Waals surface area contributed by atoms with Crippen LogP contribution in [0.5, 0.6) is 0 Å². The van der Waals surface area contributed by atoms with Crippen LogP contribution in [0.2, 0.25) is 0 Å². The SMILES string of the molecule is CCC(Sc1ncc(C)cn1)C(N)=O. The van der Waals surface area contributed by atoms with Crippen LogP contribution < -0.4 is 5.73 Å². The lowest BCUT2D eigenvalue weighted by Crippen LogP contribution is -2.25. The molecule has 1 heterocycles. The van der Waals surface area contributed by atoms with Gasteiger partial charge in [-0.25, -0.2) is 9.97 Å². The molecule has 0 spiro atoms. The van der Waals surface area contributed by atoms with Crippen molar-refractivity contribution in [3.63, 3.8) is 0 Å². The fourth-order valence-corrected chi connectivity index (χ4v) is 1.68. The quantitative estimate of drug-likeness (QED) is 0.599. The van der Waals surface area contributed by atoms with E-state index in [0.717, 1.165) is 5.56 Å². The number of carbonyl (C=O) groups excluding carboxylic acids is 1. The minimum absolute atomic E-state index is 0.238. The topological polar surface area (TPSA) is 68.9 Å². The Hall–Kier alpha value is -1.10. The Kier molecular flexibility index (Phi) is 3.88. The smallest absolute Gasteiger partial charge is 0.231 e. The summed E-state index contributed by atoms with van der Waals surface area (Å²) in [7, 11) is 0. The van der Waals surface area contributed by atoms with E-state index < -0.39 is 0 Å². The van der Waals surface area contributed by atoms with Gasteiger partial charge in [-0.1, -0.05) is 18.7 Å². The van der Waals surface area contributed by atoms with Crippen LogP contribution in [0.25, 0.3) is 0 Å². The lowest BCUT2D eigenvalue weighted by atomic mass is 10.3. The van der Waals surface area contributed by atoms with E-state index in [-0.39, 0.29) is 11.2 Å². The molecule has 0 radical (unpaired) electrons. The van der Waals surface area contributed by atoms with Gasteiger partial charge in [0.05, 0.1) is 5.25 Å². The van der Waals surface area contributed by atoms with E-state index in [4.69, 9.17) is 5.73 Å². The molecule has 2 N–H and O–H groups in total. The number of thioether (sulfide) groups is 1. The van der Waals surface area contributed by atoms with Gasteiger partial charge < -0.3 is 5.73 Å². The van der Waals surface area contributed by atoms with E-state index in [0.29, 0.717) is 11.6 Å². The number of amides is 1. The van der Waals surface area contributed by atoms with Crippen LogP contribution in [0, 0.1) is 6.92 Å². The van der Waals surface area contributed by atoms with Crippen molar-refractivity contribution < 1.29 is 4.79 Å². The summed E-state index contributed by atoms with van der Waals surface area (Å²) in [6.07, 6.45) is 4.14. The van der Waals surface area contributed by atoms with Gasteiger partial charge in [0.15, 0.2) is 5.16 Å². The van der Waals surface area contributed by atoms with Gasteiger partial charge >= 0.3 is 0 Å². The molecule has 1 aromatic rings. The lowest BCUT2D eigenvalue weighted by molar-refractivity contribution is -0.117. The highest BCUT2D eigenvalue weighted by atomic mass is 32.2. The van der Waals surface area contributed by atoms with Gasteiger partial charge in [0.25, 0.3) is 0 Å². The molecule has 0 bridgehead atoms. The molecule has 4 nitrogen and oxygen atoms in total. The second kappa shape index (κ2) is 4.95. The van der Waals surface area contributed by atoms with E-state index in [9.17, 15) is 4.79 Å². The number of aromatic nitrogens is 2. The minimum atomic E-state index is -0.318. The molecule has 0 aliphatic heterocycles. The zero-order valence-electron chi connectivity index (χ0n) is 8.23. The van der Waals surface area contributed by atoms with E-state index >= 15 is 0 Å². The maximum atomic E-state index is 10.9. The third-order valence-electron chi connectivity index (χ3n) is 1.69. The van der Waals surface area contributed by atoms with Crippen LogP contribution in [0.15, 0.2) is 17.6 Å². The first-order valence-electron chi connectivity index (χ1n) is 4.38. The fraction of sp³-hybridized carbons (Fsp3) is 0.444. The van der Waals surface area contributed by atoms with E-state index in [1.165, 1.54) is 11.8 Å². The molecular weight excluding hydrogens is 198 g/mol. The van der Waals surface area contributed by atoms with Gasteiger partial charge in [-0.2, -0.15) is 0 Å². The maximum absolute atomic E-state index is 10.9. The fourth-order valence-electron chi connectivity index (χ4n) is 0.911. The van der Waals surface area contributed by atoms with Gasteiger partial charge in [-0.05, 0) is 18.9 Å². The molecule has 0 saturated heterocycles. The second-order valence-corrected chi connectivity index (χ2v) is 4.13. The number of aryl methyl sites for hydroxylation is 1. The zero-order valence-corrected chi connectivity index (χ0v) is 9.04. The Morgan fingerprint density at radius 1 is 1.57 bits per heavy atom. The Morgan fingerprint density at radius 2 is 2.14 bits per heavy atom. The third kappa shape index (κ3) is 2.99. The van der Waals surface area contributed by atoms with Crippen LogP contribution in [0.3, 0.4) is 0 Å². The van der Waals surface area contributed by atoms with Crippen molar-refractivity contribution >= 4 is 17.7 Å². The summed E-state index contributed by atoms with van der Waals surface area (Å²) in [6, 6.07) is 0. The van der Waals surface area contributed by atoms with Crippen LogP contribution >= 0.6 is 11.8 Å². The highest BCUT2D eigenvalue weighted by molar-refractivity contribution is 8.00. The molecule has 76 valence electrons. The average molecular weight is 211 g/mol. The van der Waals surface area contributed by atoms with Crippen molar-refractivity contribution in [1.82, 2.24) is 9.97 Å². The van der Waals surface area contributed by atoms with Gasteiger partial charge in [0.1, 0.15) is 0 Å². The van der Waals surface area contributed by atoms with Crippen molar-refractivity contribution in [1.29, 1.82) is 0 Å². The van der Waals surface area contributed by atoms with Crippen LogP contribution in [-0.4, -0.2) is 21.1 Å². The summed E-state index contributed by atoms with van der Waals surface area (Å²) in [4.78, 5) is 19.1. The third-order valence-corrected chi connectivity index (χ3v) is 2.96. The molecule has 0 fully saturated rings. The molecule has 1 aromatic heterocycles. The number of nitrogens with zero attached hydrogens (tertiary/aromatic N) is 2. The molecule has 0 aliphatic carbocycles. The first-order valence-corrected chi connectivity index (χ1v) is 5.26. The Morgan fingerprint density at radius 3 is 2.57 bits per heavy atom. The summed E-state index contributed by atoms with van der Waals surface area (Å²) in [5.74, 6) is -0.318. The summed E-state index contributed by atoms with van der Waals surface area (Å²) >= 11 is 1.31. The van der Waals surface area contributed by atoms with Crippen molar-refractivity contribution in [2.24, 2.45) is 5.73 Å². The monoisotopic (exact) mass is 211 g/mol. The van der Waals surface area contributed by atoms with Crippen LogP contribution in [0.4, 0.5) is 0 Å². The normalized spacial score (nSPS) is 12.4. The van der Waals surface area contributed by atoms with Gasteiger partial charge in [0.2, 0.25) is 5.91 Å². The highest BCUT2D eigenvalue weighted by Gasteiger charge is 2.15. The molecule has 0 aliphatic rings. The van der Waals surface area contributed by atoms with Gasteiger partial charge in [0, 0.05) is 12.4 Å². The zero-order chi connectivity index (χ0) is 10.6. The van der Waals surface area contributed by atoms with Crippen molar-refractivity contribution in [3.05, 3.63) is 18.0 Å². The Labute approximate surface area is 87.3 Å². The van der Waals surface area contributed by atoms with Gasteiger partial charge in [-0.15, -0.1) is 0 Å². The average Bonchev–Trinajstić information content (AvgIpc) is 2.16. The maximum Gasteiger partial charge on any atom is 0.231 e.